The fourth-order valence-electron chi connectivity index (χ4n) is 2.65. The standard InChI is InChI=1S/C14H20S/c1-11-5-8-14(9-6-11)10-7-13(15)4-3-12(14)2/h3-4,7,10-11,15H,5-6,8-9H2,1-2H3. The summed E-state index contributed by atoms with van der Waals surface area (Å²) in [5.41, 5.74) is 1.85. The van der Waals surface area contributed by atoms with Crippen LogP contribution in [-0.4, -0.2) is 0 Å². The van der Waals surface area contributed by atoms with Gasteiger partial charge in [0.2, 0.25) is 0 Å². The largest absolute Gasteiger partial charge is 0.143 e. The van der Waals surface area contributed by atoms with E-state index in [-0.39, 0.29) is 0 Å². The van der Waals surface area contributed by atoms with Gasteiger partial charge >= 0.3 is 0 Å². The molecule has 1 saturated carbocycles. The van der Waals surface area contributed by atoms with Gasteiger partial charge in [-0.15, -0.1) is 12.6 Å². The molecule has 0 unspecified atom stereocenters. The molecule has 0 aromatic rings. The second-order valence-electron chi connectivity index (χ2n) is 5.11. The summed E-state index contributed by atoms with van der Waals surface area (Å²) in [5.74, 6) is 0.906. The van der Waals surface area contributed by atoms with E-state index in [4.69, 9.17) is 0 Å². The third-order valence-electron chi connectivity index (χ3n) is 4.03. The van der Waals surface area contributed by atoms with E-state index < -0.39 is 0 Å². The fourth-order valence-corrected chi connectivity index (χ4v) is 2.80. The van der Waals surface area contributed by atoms with Gasteiger partial charge in [0.15, 0.2) is 0 Å². The highest BCUT2D eigenvalue weighted by molar-refractivity contribution is 7.84. The topological polar surface area (TPSA) is 0 Å². The molecule has 1 heteroatoms. The summed E-state index contributed by atoms with van der Waals surface area (Å²) in [6, 6.07) is 0. The molecule has 0 saturated heterocycles. The monoisotopic (exact) mass is 220 g/mol. The Bertz CT molecular complexity index is 325. The van der Waals surface area contributed by atoms with Crippen LogP contribution in [-0.2, 0) is 0 Å². The molecule has 0 radical (unpaired) electrons. The van der Waals surface area contributed by atoms with Gasteiger partial charge in [0.1, 0.15) is 0 Å². The number of allylic oxidation sites excluding steroid dienone is 5. The highest BCUT2D eigenvalue weighted by Gasteiger charge is 2.33. The normalized spacial score (nSPS) is 36.1. The Balaban J connectivity index is 2.25. The second kappa shape index (κ2) is 4.21. The maximum Gasteiger partial charge on any atom is 0.00947 e. The minimum atomic E-state index is 0.341. The van der Waals surface area contributed by atoms with Crippen molar-refractivity contribution in [3.63, 3.8) is 0 Å². The minimum absolute atomic E-state index is 0.341. The summed E-state index contributed by atoms with van der Waals surface area (Å²) >= 11 is 4.42. The molecule has 82 valence electrons. The molecule has 0 N–H and O–H groups in total. The molecule has 2 aliphatic rings. The lowest BCUT2D eigenvalue weighted by Crippen LogP contribution is -2.25. The van der Waals surface area contributed by atoms with Crippen LogP contribution in [0.4, 0.5) is 0 Å². The van der Waals surface area contributed by atoms with Crippen LogP contribution in [0, 0.1) is 11.3 Å². The Kier molecular flexibility index (Phi) is 3.11. The molecule has 0 aromatic heterocycles. The smallest absolute Gasteiger partial charge is 0.00947 e. The summed E-state index contributed by atoms with van der Waals surface area (Å²) in [4.78, 5) is 1.07. The van der Waals surface area contributed by atoms with Gasteiger partial charge in [-0.3, -0.25) is 0 Å². The van der Waals surface area contributed by atoms with E-state index in [0.29, 0.717) is 5.41 Å². The van der Waals surface area contributed by atoms with Crippen LogP contribution < -0.4 is 0 Å². The molecule has 0 amide bonds. The zero-order valence-electron chi connectivity index (χ0n) is 9.66. The van der Waals surface area contributed by atoms with Crippen molar-refractivity contribution < 1.29 is 0 Å². The molecule has 0 aromatic carbocycles. The van der Waals surface area contributed by atoms with Gasteiger partial charge in [0, 0.05) is 10.3 Å². The van der Waals surface area contributed by atoms with Crippen molar-refractivity contribution in [2.75, 3.05) is 0 Å². The van der Waals surface area contributed by atoms with Gasteiger partial charge in [-0.05, 0) is 44.6 Å². The van der Waals surface area contributed by atoms with Gasteiger partial charge in [0.25, 0.3) is 0 Å². The van der Waals surface area contributed by atoms with E-state index in [1.807, 2.05) is 0 Å². The Labute approximate surface area is 98.6 Å². The van der Waals surface area contributed by atoms with Crippen molar-refractivity contribution in [1.29, 1.82) is 0 Å². The van der Waals surface area contributed by atoms with Crippen LogP contribution in [0.5, 0.6) is 0 Å². The molecule has 0 nitrogen and oxygen atoms in total. The number of rotatable bonds is 0. The van der Waals surface area contributed by atoms with Crippen LogP contribution >= 0.6 is 12.6 Å². The van der Waals surface area contributed by atoms with Crippen LogP contribution in [0.25, 0.3) is 0 Å². The van der Waals surface area contributed by atoms with Gasteiger partial charge in [-0.1, -0.05) is 30.7 Å². The molecule has 0 bridgehead atoms. The first-order valence-electron chi connectivity index (χ1n) is 5.90. The van der Waals surface area contributed by atoms with E-state index in [1.165, 1.54) is 31.3 Å². The zero-order chi connectivity index (χ0) is 10.9. The fraction of sp³-hybridized carbons (Fsp3) is 0.571. The zero-order valence-corrected chi connectivity index (χ0v) is 10.6. The number of hydrogen-bond donors (Lipinski definition) is 1. The molecule has 0 aliphatic heterocycles. The van der Waals surface area contributed by atoms with Gasteiger partial charge in [0.05, 0.1) is 0 Å². The summed E-state index contributed by atoms with van der Waals surface area (Å²) in [6.45, 7) is 4.64. The second-order valence-corrected chi connectivity index (χ2v) is 5.63. The highest BCUT2D eigenvalue weighted by Crippen LogP contribution is 2.46. The van der Waals surface area contributed by atoms with Crippen LogP contribution in [0.3, 0.4) is 0 Å². The third-order valence-corrected chi connectivity index (χ3v) is 4.33. The molecule has 1 fully saturated rings. The van der Waals surface area contributed by atoms with Gasteiger partial charge in [-0.25, -0.2) is 0 Å². The SMILES string of the molecule is CC1=CC=C(S)C=CC12CCC(C)CC2. The molecular weight excluding hydrogens is 200 g/mol. The lowest BCUT2D eigenvalue weighted by molar-refractivity contribution is 0.251. The molecule has 15 heavy (non-hydrogen) atoms. The molecular formula is C14H20S. The van der Waals surface area contributed by atoms with Gasteiger partial charge < -0.3 is 0 Å². The van der Waals surface area contributed by atoms with Crippen molar-refractivity contribution >= 4 is 12.6 Å². The van der Waals surface area contributed by atoms with E-state index in [2.05, 4.69) is 50.8 Å². The third kappa shape index (κ3) is 2.23. The maximum atomic E-state index is 4.42. The van der Waals surface area contributed by atoms with Crippen molar-refractivity contribution in [2.24, 2.45) is 11.3 Å². The van der Waals surface area contributed by atoms with E-state index in [1.54, 1.807) is 0 Å². The van der Waals surface area contributed by atoms with E-state index in [0.717, 1.165) is 10.8 Å². The number of thiol groups is 1. The molecule has 2 aliphatic carbocycles. The van der Waals surface area contributed by atoms with E-state index >= 15 is 0 Å². The van der Waals surface area contributed by atoms with Crippen molar-refractivity contribution in [2.45, 2.75) is 39.5 Å². The van der Waals surface area contributed by atoms with Crippen molar-refractivity contribution in [3.05, 3.63) is 34.8 Å². The van der Waals surface area contributed by atoms with Crippen molar-refractivity contribution in [3.8, 4) is 0 Å². The molecule has 0 heterocycles. The predicted octanol–water partition coefficient (Wildman–Crippen LogP) is 4.51. The Morgan fingerprint density at radius 3 is 2.60 bits per heavy atom. The van der Waals surface area contributed by atoms with Crippen LogP contribution in [0.2, 0.25) is 0 Å². The lowest BCUT2D eigenvalue weighted by Gasteiger charge is -2.38. The van der Waals surface area contributed by atoms with Crippen LogP contribution in [0.15, 0.2) is 34.8 Å². The first kappa shape index (κ1) is 11.1. The Hall–Kier alpha value is -0.430. The predicted molar refractivity (Wildman–Crippen MR) is 70.0 cm³/mol. The van der Waals surface area contributed by atoms with Gasteiger partial charge in [-0.2, -0.15) is 0 Å². The van der Waals surface area contributed by atoms with E-state index in [9.17, 15) is 0 Å². The minimum Gasteiger partial charge on any atom is -0.143 e. The quantitative estimate of drug-likeness (QED) is 0.570. The molecule has 0 atom stereocenters. The Morgan fingerprint density at radius 2 is 1.93 bits per heavy atom. The molecule has 1 spiro atoms. The number of hydrogen-bond acceptors (Lipinski definition) is 1. The summed E-state index contributed by atoms with van der Waals surface area (Å²) in [5, 5.41) is 0. The first-order valence-corrected chi connectivity index (χ1v) is 6.34. The highest BCUT2D eigenvalue weighted by atomic mass is 32.1. The maximum absolute atomic E-state index is 4.42. The summed E-state index contributed by atoms with van der Waals surface area (Å²) in [7, 11) is 0. The average molecular weight is 220 g/mol. The molecule has 2 rings (SSSR count). The average Bonchev–Trinajstić information content (AvgIpc) is 2.37. The van der Waals surface area contributed by atoms with Crippen molar-refractivity contribution in [1.82, 2.24) is 0 Å². The van der Waals surface area contributed by atoms with Crippen LogP contribution in [0.1, 0.15) is 39.5 Å². The summed E-state index contributed by atoms with van der Waals surface area (Å²) in [6.07, 6.45) is 14.3. The first-order chi connectivity index (χ1) is 7.12. The summed E-state index contributed by atoms with van der Waals surface area (Å²) < 4.78 is 0. The lowest BCUT2D eigenvalue weighted by atomic mass is 9.67. The Morgan fingerprint density at radius 1 is 1.27 bits per heavy atom.